The second kappa shape index (κ2) is 33.9. The maximum absolute atomic E-state index is 14.3. The molecule has 0 aromatic heterocycles. The van der Waals surface area contributed by atoms with Crippen LogP contribution in [-0.4, -0.2) is 319 Å². The number of fused-ring (bicyclic) bond motifs is 5. The lowest BCUT2D eigenvalue weighted by Crippen LogP contribution is -2.42. The second-order valence-electron chi connectivity index (χ2n) is 29.3. The summed E-state index contributed by atoms with van der Waals surface area (Å²) in [4.78, 5) is 21.6. The largest absolute Gasteiger partial charge is 0.453 e. The molecule has 14 rings (SSSR count). The minimum Gasteiger partial charge on any atom is -0.453 e. The third-order valence-corrected chi connectivity index (χ3v) is 17.5. The number of esters is 2. The van der Waals surface area contributed by atoms with Crippen LogP contribution >= 0.6 is 0 Å². The molecule has 33 nitrogen and oxygen atoms in total. The second-order valence-corrected chi connectivity index (χ2v) is 29.3. The number of halogens is 6. The van der Waals surface area contributed by atoms with Gasteiger partial charge >= 0.3 is 11.9 Å². The highest BCUT2D eigenvalue weighted by Gasteiger charge is 2.62. The van der Waals surface area contributed by atoms with Crippen molar-refractivity contribution in [1.29, 1.82) is 0 Å². The standard InChI is InChI=1S/C12H19FO5.C12H20O6.C10H15FO5.C9H15FO5.2C8H13FO4.C5H9FO4/c2*1-11(2)14-5-6(16-11)8-7(13)9-10(15-8)18-12(3,4)17-9;1-4-7-8(11)9(14-5(2)12)10(16-7)15-6(3)13;1-9(2)14-7-5(10)6(4(12)3-11)13-8(7)15-9;1-8(2)12-5-4(9)6(10-3)11-7(5)13-8;1-8(2)12-6-5(9)4(3-10)11-7(6)13-8;6-3-2(1-7)10-5(9)4(3)8/h6-10H,5H2,1-4H3;6-10,13H,5H2,1-4H3;7-10H,4H2,1-3H3;4-8,11-12H,3H2,1-2H3;4-7H,1-3H3;4-7,10H,3H2,1-2H3;2-5,7-9H,1H2/t6-,7-,8?,9+,10+;6-,7+,8?,9+,10+;7?,8-,9+,10?;4-,5-,6?,7+,8+;4-,5-,6+,7-;4?,5-,6+,7+;2?,3-,4+,5-/m0000100/s1. The van der Waals surface area contributed by atoms with Crippen molar-refractivity contribution in [3.8, 4) is 0 Å². The minimum absolute atomic E-state index is 0.295. The predicted molar refractivity (Wildman–Crippen MR) is 326 cm³/mol. The van der Waals surface area contributed by atoms with Crippen molar-refractivity contribution in [2.45, 2.75) is 356 Å². The molecule has 0 aliphatic carbocycles. The zero-order valence-corrected chi connectivity index (χ0v) is 60.7. The topological polar surface area (TPSA) is 397 Å². The smallest absolute Gasteiger partial charge is 0.305 e. The zero-order chi connectivity index (χ0) is 76.8. The number of hydrogen-bond donors (Lipinski definition) is 7. The molecule has 0 radical (unpaired) electrons. The molecule has 0 aromatic carbocycles. The monoisotopic (exact) mass is 1510 g/mol. The fourth-order valence-corrected chi connectivity index (χ4v) is 13.0. The van der Waals surface area contributed by atoms with Gasteiger partial charge in [-0.3, -0.25) is 9.59 Å². The van der Waals surface area contributed by atoms with Crippen molar-refractivity contribution >= 4 is 11.9 Å². The Morgan fingerprint density at radius 3 is 1.19 bits per heavy atom. The average molecular weight is 1520 g/mol. The van der Waals surface area contributed by atoms with E-state index in [1.54, 1.807) is 90.0 Å². The van der Waals surface area contributed by atoms with Crippen LogP contribution in [0.1, 0.15) is 124 Å². The van der Waals surface area contributed by atoms with Gasteiger partial charge < -0.3 is 149 Å². The molecule has 0 amide bonds. The Balaban J connectivity index is 0.000000153. The first kappa shape index (κ1) is 86.0. The molecule has 14 heterocycles. The number of methoxy groups -OCH3 is 1. The lowest BCUT2D eigenvalue weighted by atomic mass is 10.1. The van der Waals surface area contributed by atoms with Crippen LogP contribution in [0.5, 0.6) is 0 Å². The lowest BCUT2D eigenvalue weighted by Gasteiger charge is -2.26. The SMILES string of the molecule is CC1(C)O[C@H]2OC(CO)[C@H](F)[C@H]2O1.CC1(C)O[C@H]2OC([C@@H](O)CO)[C@H](F)[C@H]2O1.CC1(C)O[C@H]2OC([C@@H]3COC(C)(C)O3)[C@@H](O)[C@H]2O1.CC1(C)O[C@H]2OC([C@@H]3COC(C)(C)O3)[C@H](F)[C@H]2O1.CCC1OC(OC(C)=O)[C@H](OC(C)=O)[C@H]1F.CO[C@H]1O[C@@H]2OC(C)(C)O[C@@H]2[C@H]1F.OCC1O[C@H](O)[C@H](O)[C@H]1F. The molecule has 0 bridgehead atoms. The van der Waals surface area contributed by atoms with Gasteiger partial charge in [-0.2, -0.15) is 0 Å². The quantitative estimate of drug-likeness (QED) is 0.121. The van der Waals surface area contributed by atoms with Crippen LogP contribution in [0.4, 0.5) is 26.3 Å². The van der Waals surface area contributed by atoms with Crippen molar-refractivity contribution in [3.05, 3.63) is 0 Å². The van der Waals surface area contributed by atoms with Gasteiger partial charge in [0.05, 0.1) is 39.1 Å². The molecule has 7 N–H and O–H groups in total. The molecule has 0 spiro atoms. The van der Waals surface area contributed by atoms with Gasteiger partial charge in [0, 0.05) is 21.0 Å². The van der Waals surface area contributed by atoms with E-state index in [0.29, 0.717) is 19.6 Å². The number of rotatable bonds is 10. The number of carbonyl (C=O) groups is 2. The number of ether oxygens (including phenoxy) is 24. The van der Waals surface area contributed by atoms with Crippen LogP contribution in [0.25, 0.3) is 0 Å². The van der Waals surface area contributed by atoms with E-state index in [2.05, 4.69) is 4.74 Å². The van der Waals surface area contributed by atoms with Crippen molar-refractivity contribution in [2.24, 2.45) is 0 Å². The zero-order valence-electron chi connectivity index (χ0n) is 60.7. The predicted octanol–water partition coefficient (Wildman–Crippen LogP) is 1.63. The van der Waals surface area contributed by atoms with Gasteiger partial charge in [-0.15, -0.1) is 0 Å². The molecule has 14 saturated heterocycles. The Morgan fingerprint density at radius 1 is 0.417 bits per heavy atom. The highest BCUT2D eigenvalue weighted by Crippen LogP contribution is 2.46. The maximum Gasteiger partial charge on any atom is 0.305 e. The summed E-state index contributed by atoms with van der Waals surface area (Å²) in [7, 11) is 1.39. The van der Waals surface area contributed by atoms with Gasteiger partial charge in [0.2, 0.25) is 6.29 Å². The van der Waals surface area contributed by atoms with E-state index in [0.717, 1.165) is 6.92 Å². The minimum atomic E-state index is -1.69. The Hall–Kier alpha value is -2.64. The molecule has 103 heavy (non-hydrogen) atoms. The van der Waals surface area contributed by atoms with E-state index < -0.39 is 251 Å². The average Bonchev–Trinajstić information content (AvgIpc) is 1.62. The van der Waals surface area contributed by atoms with E-state index >= 15 is 0 Å². The summed E-state index contributed by atoms with van der Waals surface area (Å²) < 4.78 is 208. The first-order valence-corrected chi connectivity index (χ1v) is 33.9. The summed E-state index contributed by atoms with van der Waals surface area (Å²) in [6.45, 7) is 27.9. The molecule has 0 saturated carbocycles. The Labute approximate surface area is 591 Å². The first-order chi connectivity index (χ1) is 47.7. The fraction of sp³-hybridized carbons (Fsp3) is 0.969. The molecule has 14 aliphatic heterocycles. The van der Waals surface area contributed by atoms with Gasteiger partial charge in [0.15, 0.2) is 128 Å². The number of hydrogen-bond acceptors (Lipinski definition) is 33. The molecule has 600 valence electrons. The summed E-state index contributed by atoms with van der Waals surface area (Å²) in [5.74, 6) is -6.49. The van der Waals surface area contributed by atoms with Crippen molar-refractivity contribution in [2.75, 3.05) is 40.1 Å². The van der Waals surface area contributed by atoms with Gasteiger partial charge in [-0.25, -0.2) is 26.3 Å². The maximum atomic E-state index is 14.3. The van der Waals surface area contributed by atoms with Crippen LogP contribution in [0.3, 0.4) is 0 Å². The highest BCUT2D eigenvalue weighted by molar-refractivity contribution is 5.67. The summed E-state index contributed by atoms with van der Waals surface area (Å²) in [6.07, 6.45) is -28.6. The Bertz CT molecular complexity index is 2620. The summed E-state index contributed by atoms with van der Waals surface area (Å²) in [5, 5.41) is 62.7. The fourth-order valence-electron chi connectivity index (χ4n) is 13.0. The summed E-state index contributed by atoms with van der Waals surface area (Å²) in [6, 6.07) is 0. The van der Waals surface area contributed by atoms with E-state index in [-0.39, 0.29) is 12.7 Å². The number of carbonyl (C=O) groups excluding carboxylic acids is 2. The normalized spacial score (nSPS) is 45.9. The van der Waals surface area contributed by atoms with Crippen molar-refractivity contribution < 1.29 is 185 Å². The molecule has 39 heteroatoms. The number of aliphatic hydroxyl groups is 7. The summed E-state index contributed by atoms with van der Waals surface area (Å²) in [5.41, 5.74) is 0. The van der Waals surface area contributed by atoms with Crippen LogP contribution in [-0.2, 0) is 123 Å². The van der Waals surface area contributed by atoms with Gasteiger partial charge in [-0.1, -0.05) is 6.92 Å². The van der Waals surface area contributed by atoms with Crippen LogP contribution in [0, 0.1) is 0 Å². The van der Waals surface area contributed by atoms with Gasteiger partial charge in [0.1, 0.15) is 91.6 Å². The molecule has 14 fully saturated rings. The van der Waals surface area contributed by atoms with Gasteiger partial charge in [0.25, 0.3) is 0 Å². The van der Waals surface area contributed by atoms with Crippen molar-refractivity contribution in [3.63, 3.8) is 0 Å². The van der Waals surface area contributed by atoms with Crippen molar-refractivity contribution in [1.82, 2.24) is 0 Å². The van der Waals surface area contributed by atoms with Crippen LogP contribution < -0.4 is 0 Å². The molecular formula is C64H104F6O33. The van der Waals surface area contributed by atoms with Crippen LogP contribution in [0.2, 0.25) is 0 Å². The van der Waals surface area contributed by atoms with E-state index in [1.807, 2.05) is 13.8 Å². The number of aliphatic hydroxyl groups excluding tert-OH is 7. The highest BCUT2D eigenvalue weighted by atomic mass is 19.2. The Morgan fingerprint density at radius 2 is 0.825 bits per heavy atom. The molecule has 0 aromatic rings. The molecular weight excluding hydrogens is 1410 g/mol. The third-order valence-electron chi connectivity index (χ3n) is 17.5. The first-order valence-electron chi connectivity index (χ1n) is 33.9. The lowest BCUT2D eigenvalue weighted by molar-refractivity contribution is -0.249. The Kier molecular flexibility index (Phi) is 28.3. The molecule has 31 atom stereocenters. The number of alkyl halides is 6. The van der Waals surface area contributed by atoms with E-state index in [1.165, 1.54) is 14.0 Å². The van der Waals surface area contributed by atoms with E-state index in [4.69, 9.17) is 134 Å². The van der Waals surface area contributed by atoms with Gasteiger partial charge in [-0.05, 0) is 103 Å². The van der Waals surface area contributed by atoms with E-state index in [9.17, 15) is 46.1 Å². The molecule has 14 aliphatic rings. The summed E-state index contributed by atoms with van der Waals surface area (Å²) >= 11 is 0. The third kappa shape index (κ3) is 21.1. The molecule has 7 unspecified atom stereocenters. The van der Waals surface area contributed by atoms with Crippen LogP contribution in [0.15, 0.2) is 0 Å².